The lowest BCUT2D eigenvalue weighted by atomic mass is 10.1. The number of amides is 2. The van der Waals surface area contributed by atoms with Crippen molar-refractivity contribution >= 4 is 17.8 Å². The lowest BCUT2D eigenvalue weighted by molar-refractivity contribution is -0.138. The Balaban J connectivity index is 2.09. The van der Waals surface area contributed by atoms with Crippen LogP contribution in [0, 0.1) is 0 Å². The number of carbonyl (C=O) groups excluding carboxylic acids is 3. The molecule has 1 aliphatic rings. The minimum absolute atomic E-state index is 0.0129. The number of nitrogens with zero attached hydrogens (tertiary/aromatic N) is 1. The summed E-state index contributed by atoms with van der Waals surface area (Å²) in [7, 11) is 0. The molecular formula is C13H11NO4. The first-order chi connectivity index (χ1) is 8.65. The number of hydrogen-bond acceptors (Lipinski definition) is 4. The molecule has 0 fully saturated rings. The molecule has 92 valence electrons. The third-order valence-electron chi connectivity index (χ3n) is 2.63. The molecule has 2 rings (SSSR count). The van der Waals surface area contributed by atoms with Gasteiger partial charge in [-0.25, -0.2) is 0 Å². The van der Waals surface area contributed by atoms with Gasteiger partial charge in [0.2, 0.25) is 0 Å². The number of ether oxygens (including phenoxy) is 1. The monoisotopic (exact) mass is 245 g/mol. The Hall–Kier alpha value is -2.43. The van der Waals surface area contributed by atoms with Crippen LogP contribution >= 0.6 is 0 Å². The fraction of sp³-hybridized carbons (Fsp3) is 0.154. The van der Waals surface area contributed by atoms with Gasteiger partial charge in [0.1, 0.15) is 0 Å². The number of carbonyl (C=O) groups is 3. The zero-order valence-corrected chi connectivity index (χ0v) is 9.59. The Morgan fingerprint density at radius 2 is 1.78 bits per heavy atom. The van der Waals surface area contributed by atoms with Crippen LogP contribution in [0.4, 0.5) is 0 Å². The zero-order valence-electron chi connectivity index (χ0n) is 9.59. The van der Waals surface area contributed by atoms with Gasteiger partial charge >= 0.3 is 5.97 Å². The predicted molar refractivity (Wildman–Crippen MR) is 62.7 cm³/mol. The fourth-order valence-electron chi connectivity index (χ4n) is 1.80. The standard InChI is InChI=1S/C13H11NO4/c1-2-18-11(15)7-8-14-12(16)9-5-3-4-6-10(9)13(14)17/h2-6H,1,7-8H2. The van der Waals surface area contributed by atoms with E-state index in [1.54, 1.807) is 24.3 Å². The molecule has 0 radical (unpaired) electrons. The summed E-state index contributed by atoms with van der Waals surface area (Å²) in [5, 5.41) is 0. The minimum Gasteiger partial charge on any atom is -0.435 e. The van der Waals surface area contributed by atoms with E-state index in [2.05, 4.69) is 11.3 Å². The second-order valence-corrected chi connectivity index (χ2v) is 3.71. The summed E-state index contributed by atoms with van der Waals surface area (Å²) in [4.78, 5) is 36.0. The third-order valence-corrected chi connectivity index (χ3v) is 2.63. The highest BCUT2D eigenvalue weighted by molar-refractivity contribution is 6.21. The van der Waals surface area contributed by atoms with Crippen molar-refractivity contribution in [3.63, 3.8) is 0 Å². The lowest BCUT2D eigenvalue weighted by Gasteiger charge is -2.12. The molecule has 0 bridgehead atoms. The van der Waals surface area contributed by atoms with Crippen molar-refractivity contribution in [3.05, 3.63) is 48.2 Å². The summed E-state index contributed by atoms with van der Waals surface area (Å²) in [6, 6.07) is 6.58. The predicted octanol–water partition coefficient (Wildman–Crippen LogP) is 1.36. The molecule has 1 heterocycles. The molecule has 1 aliphatic heterocycles. The molecule has 0 spiro atoms. The number of hydrogen-bond donors (Lipinski definition) is 0. The van der Waals surface area contributed by atoms with Gasteiger partial charge in [0.05, 0.1) is 23.8 Å². The van der Waals surface area contributed by atoms with Crippen LogP contribution in [-0.2, 0) is 9.53 Å². The molecule has 0 saturated heterocycles. The zero-order chi connectivity index (χ0) is 13.1. The van der Waals surface area contributed by atoms with Gasteiger partial charge < -0.3 is 4.74 Å². The molecule has 5 nitrogen and oxygen atoms in total. The summed E-state index contributed by atoms with van der Waals surface area (Å²) >= 11 is 0. The van der Waals surface area contributed by atoms with E-state index < -0.39 is 5.97 Å². The van der Waals surface area contributed by atoms with Crippen LogP contribution in [0.1, 0.15) is 27.1 Å². The number of rotatable bonds is 4. The van der Waals surface area contributed by atoms with E-state index in [0.29, 0.717) is 11.1 Å². The average Bonchev–Trinajstić information content (AvgIpc) is 2.61. The van der Waals surface area contributed by atoms with E-state index in [1.807, 2.05) is 0 Å². The van der Waals surface area contributed by atoms with E-state index in [0.717, 1.165) is 11.2 Å². The average molecular weight is 245 g/mol. The molecule has 2 amide bonds. The molecule has 1 aromatic rings. The molecule has 0 atom stereocenters. The van der Waals surface area contributed by atoms with Crippen molar-refractivity contribution in [1.82, 2.24) is 4.90 Å². The van der Waals surface area contributed by atoms with Crippen LogP contribution < -0.4 is 0 Å². The summed E-state index contributed by atoms with van der Waals surface area (Å²) < 4.78 is 4.52. The van der Waals surface area contributed by atoms with Gasteiger partial charge in [-0.1, -0.05) is 18.7 Å². The van der Waals surface area contributed by atoms with Gasteiger partial charge in [0.25, 0.3) is 11.8 Å². The second-order valence-electron chi connectivity index (χ2n) is 3.71. The van der Waals surface area contributed by atoms with Crippen molar-refractivity contribution in [2.45, 2.75) is 6.42 Å². The maximum absolute atomic E-state index is 11.9. The van der Waals surface area contributed by atoms with E-state index >= 15 is 0 Å². The highest BCUT2D eigenvalue weighted by Crippen LogP contribution is 2.22. The molecule has 5 heteroatoms. The smallest absolute Gasteiger partial charge is 0.312 e. The Kier molecular flexibility index (Phi) is 3.23. The van der Waals surface area contributed by atoms with Crippen LogP contribution in [-0.4, -0.2) is 29.2 Å². The fourth-order valence-corrected chi connectivity index (χ4v) is 1.80. The van der Waals surface area contributed by atoms with Gasteiger partial charge in [0.15, 0.2) is 0 Å². The number of imide groups is 1. The molecule has 0 unspecified atom stereocenters. The van der Waals surface area contributed by atoms with E-state index in [9.17, 15) is 14.4 Å². The molecule has 0 N–H and O–H groups in total. The van der Waals surface area contributed by atoms with Crippen molar-refractivity contribution < 1.29 is 19.1 Å². The normalized spacial score (nSPS) is 13.4. The maximum atomic E-state index is 11.9. The van der Waals surface area contributed by atoms with Gasteiger partial charge in [0, 0.05) is 6.54 Å². The highest BCUT2D eigenvalue weighted by Gasteiger charge is 2.34. The first kappa shape index (κ1) is 12.0. The Morgan fingerprint density at radius 1 is 1.22 bits per heavy atom. The Labute approximate surface area is 104 Å². The van der Waals surface area contributed by atoms with Crippen LogP contribution in [0.15, 0.2) is 37.1 Å². The van der Waals surface area contributed by atoms with Crippen molar-refractivity contribution in [3.8, 4) is 0 Å². The number of esters is 1. The van der Waals surface area contributed by atoms with Gasteiger partial charge in [-0.3, -0.25) is 19.3 Å². The topological polar surface area (TPSA) is 63.7 Å². The van der Waals surface area contributed by atoms with Gasteiger partial charge in [-0.2, -0.15) is 0 Å². The maximum Gasteiger partial charge on any atom is 0.312 e. The number of fused-ring (bicyclic) bond motifs is 1. The van der Waals surface area contributed by atoms with E-state index in [1.165, 1.54) is 0 Å². The van der Waals surface area contributed by atoms with Gasteiger partial charge in [-0.15, -0.1) is 0 Å². The quantitative estimate of drug-likeness (QED) is 0.456. The first-order valence-corrected chi connectivity index (χ1v) is 5.40. The molecule has 0 aromatic heterocycles. The summed E-state index contributed by atoms with van der Waals surface area (Å²) in [5.74, 6) is -1.27. The third kappa shape index (κ3) is 2.02. The molecule has 0 aliphatic carbocycles. The minimum atomic E-state index is -0.526. The molecule has 1 aromatic carbocycles. The first-order valence-electron chi connectivity index (χ1n) is 5.40. The summed E-state index contributed by atoms with van der Waals surface area (Å²) in [6.07, 6.45) is 0.974. The Bertz CT molecular complexity index is 501. The van der Waals surface area contributed by atoms with Crippen molar-refractivity contribution in [1.29, 1.82) is 0 Å². The molecular weight excluding hydrogens is 234 g/mol. The lowest BCUT2D eigenvalue weighted by Crippen LogP contribution is -2.32. The van der Waals surface area contributed by atoms with Crippen LogP contribution in [0.5, 0.6) is 0 Å². The summed E-state index contributed by atoms with van der Waals surface area (Å²) in [6.45, 7) is 3.27. The summed E-state index contributed by atoms with van der Waals surface area (Å²) in [5.41, 5.74) is 0.749. The Morgan fingerprint density at radius 3 is 2.28 bits per heavy atom. The van der Waals surface area contributed by atoms with Crippen LogP contribution in [0.25, 0.3) is 0 Å². The van der Waals surface area contributed by atoms with E-state index in [-0.39, 0.29) is 24.8 Å². The van der Waals surface area contributed by atoms with E-state index in [4.69, 9.17) is 0 Å². The number of benzene rings is 1. The molecule has 18 heavy (non-hydrogen) atoms. The van der Waals surface area contributed by atoms with Crippen LogP contribution in [0.2, 0.25) is 0 Å². The second kappa shape index (κ2) is 4.83. The van der Waals surface area contributed by atoms with Crippen LogP contribution in [0.3, 0.4) is 0 Å². The largest absolute Gasteiger partial charge is 0.435 e. The molecule has 0 saturated carbocycles. The SMILES string of the molecule is C=COC(=O)CCN1C(=O)c2ccccc2C1=O. The van der Waals surface area contributed by atoms with Crippen molar-refractivity contribution in [2.75, 3.05) is 6.54 Å². The van der Waals surface area contributed by atoms with Gasteiger partial charge in [-0.05, 0) is 12.1 Å². The van der Waals surface area contributed by atoms with Crippen molar-refractivity contribution in [2.24, 2.45) is 0 Å². The highest BCUT2D eigenvalue weighted by atomic mass is 16.5.